The Morgan fingerprint density at radius 2 is 1.96 bits per heavy atom. The van der Waals surface area contributed by atoms with Gasteiger partial charge < -0.3 is 9.88 Å². The summed E-state index contributed by atoms with van der Waals surface area (Å²) in [5.41, 5.74) is 0.785. The molecule has 8 nitrogen and oxygen atoms in total. The molecular formula is C19H19N5O3S. The van der Waals surface area contributed by atoms with Crippen LogP contribution in [-0.4, -0.2) is 30.3 Å². The third-order valence-electron chi connectivity index (χ3n) is 4.79. The summed E-state index contributed by atoms with van der Waals surface area (Å²) in [5, 5.41) is 3.71. The van der Waals surface area contributed by atoms with Crippen molar-refractivity contribution in [3.8, 4) is 0 Å². The van der Waals surface area contributed by atoms with Crippen molar-refractivity contribution in [1.29, 1.82) is 0 Å². The van der Waals surface area contributed by atoms with E-state index in [0.717, 1.165) is 15.3 Å². The summed E-state index contributed by atoms with van der Waals surface area (Å²) in [6, 6.07) is 10.1. The molecule has 1 atom stereocenters. The number of carbonyl (C=O) groups excluding carboxylic acids is 1. The van der Waals surface area contributed by atoms with Crippen LogP contribution in [0.2, 0.25) is 0 Å². The minimum atomic E-state index is -0.470. The number of hydrogen-bond acceptors (Lipinski definition) is 5. The Balaban J connectivity index is 1.54. The summed E-state index contributed by atoms with van der Waals surface area (Å²) in [6.07, 6.45) is 3.46. The van der Waals surface area contributed by atoms with Crippen molar-refractivity contribution in [3.63, 3.8) is 0 Å². The molecule has 144 valence electrons. The Morgan fingerprint density at radius 3 is 2.71 bits per heavy atom. The number of amides is 1. The maximum absolute atomic E-state index is 12.5. The van der Waals surface area contributed by atoms with Crippen LogP contribution < -0.4 is 16.6 Å². The van der Waals surface area contributed by atoms with Gasteiger partial charge in [-0.05, 0) is 11.6 Å². The second-order valence-electron chi connectivity index (χ2n) is 6.66. The van der Waals surface area contributed by atoms with Gasteiger partial charge in [0.25, 0.3) is 5.56 Å². The van der Waals surface area contributed by atoms with Crippen molar-refractivity contribution >= 4 is 28.8 Å². The average molecular weight is 397 g/mol. The number of imidazole rings is 1. The van der Waals surface area contributed by atoms with Crippen LogP contribution in [0.25, 0.3) is 11.2 Å². The molecule has 0 bridgehead atoms. The van der Waals surface area contributed by atoms with Gasteiger partial charge in [0.1, 0.15) is 6.54 Å². The minimum absolute atomic E-state index is 0.0577. The smallest absolute Gasteiger partial charge is 0.319 e. The first kappa shape index (κ1) is 18.3. The van der Waals surface area contributed by atoms with E-state index in [1.807, 2.05) is 24.3 Å². The lowest BCUT2D eigenvalue weighted by Crippen LogP contribution is -2.38. The van der Waals surface area contributed by atoms with Crippen LogP contribution in [0.1, 0.15) is 11.5 Å². The quantitative estimate of drug-likeness (QED) is 0.707. The van der Waals surface area contributed by atoms with Crippen molar-refractivity contribution in [2.45, 2.75) is 12.5 Å². The molecule has 1 amide bonds. The summed E-state index contributed by atoms with van der Waals surface area (Å²) >= 11 is 1.59. The summed E-state index contributed by atoms with van der Waals surface area (Å²) < 4.78 is 3.78. The zero-order valence-corrected chi connectivity index (χ0v) is 16.3. The molecular weight excluding hydrogens is 378 g/mol. The predicted octanol–water partition coefficient (Wildman–Crippen LogP) is 0.922. The number of allylic oxidation sites excluding steroid dienone is 1. The summed E-state index contributed by atoms with van der Waals surface area (Å²) in [6.45, 7) is -0.0577. The first-order valence-corrected chi connectivity index (χ1v) is 9.74. The second-order valence-corrected chi connectivity index (χ2v) is 7.72. The maximum Gasteiger partial charge on any atom is 0.332 e. The van der Waals surface area contributed by atoms with Crippen LogP contribution in [0.3, 0.4) is 0 Å². The van der Waals surface area contributed by atoms with Gasteiger partial charge in [-0.15, -0.1) is 11.8 Å². The standard InChI is InChI=1S/C19H19N5O3S/c1-22-17-16(18(26)23(2)19(22)27)24(11-20-17)9-14(25)21-15-8-13(10-28-15)12-6-4-3-5-7-12/h3-8,11,13H,9-10H2,1-2H3,(H,21,25). The number of benzene rings is 1. The number of rotatable bonds is 4. The molecule has 1 aromatic carbocycles. The second kappa shape index (κ2) is 7.16. The lowest BCUT2D eigenvalue weighted by Gasteiger charge is -2.08. The van der Waals surface area contributed by atoms with Crippen molar-refractivity contribution in [2.24, 2.45) is 14.1 Å². The zero-order chi connectivity index (χ0) is 19.8. The highest BCUT2D eigenvalue weighted by atomic mass is 32.2. The van der Waals surface area contributed by atoms with E-state index in [-0.39, 0.29) is 29.5 Å². The largest absolute Gasteiger partial charge is 0.332 e. The van der Waals surface area contributed by atoms with Crippen molar-refractivity contribution < 1.29 is 4.79 Å². The Labute approximate surface area is 164 Å². The topological polar surface area (TPSA) is 90.9 Å². The summed E-state index contributed by atoms with van der Waals surface area (Å²) in [7, 11) is 2.95. The fraction of sp³-hybridized carbons (Fsp3) is 0.263. The van der Waals surface area contributed by atoms with Crippen molar-refractivity contribution in [3.05, 3.63) is 74.2 Å². The fourth-order valence-electron chi connectivity index (χ4n) is 3.28. The first-order chi connectivity index (χ1) is 13.5. The van der Waals surface area contributed by atoms with E-state index in [1.54, 1.807) is 18.8 Å². The summed E-state index contributed by atoms with van der Waals surface area (Å²) in [4.78, 5) is 41.1. The van der Waals surface area contributed by atoms with E-state index >= 15 is 0 Å². The van der Waals surface area contributed by atoms with Crippen LogP contribution in [0.15, 0.2) is 57.4 Å². The molecule has 0 saturated heterocycles. The van der Waals surface area contributed by atoms with Gasteiger partial charge >= 0.3 is 5.69 Å². The number of hydrogen-bond donors (Lipinski definition) is 1. The monoisotopic (exact) mass is 397 g/mol. The maximum atomic E-state index is 12.5. The van der Waals surface area contributed by atoms with Gasteiger partial charge in [-0.1, -0.05) is 30.3 Å². The average Bonchev–Trinajstić information content (AvgIpc) is 3.33. The van der Waals surface area contributed by atoms with Crippen LogP contribution >= 0.6 is 11.8 Å². The van der Waals surface area contributed by atoms with E-state index in [4.69, 9.17) is 0 Å². The number of fused-ring (bicyclic) bond motifs is 1. The predicted molar refractivity (Wildman–Crippen MR) is 108 cm³/mol. The van der Waals surface area contributed by atoms with E-state index in [1.165, 1.54) is 28.1 Å². The van der Waals surface area contributed by atoms with Crippen LogP contribution in [-0.2, 0) is 25.4 Å². The molecule has 0 radical (unpaired) electrons. The number of carbonyl (C=O) groups is 1. The normalized spacial score (nSPS) is 16.4. The van der Waals surface area contributed by atoms with E-state index < -0.39 is 11.2 Å². The molecule has 0 spiro atoms. The number of aryl methyl sites for hydroxylation is 1. The molecule has 1 unspecified atom stereocenters. The molecule has 3 heterocycles. The molecule has 1 N–H and O–H groups in total. The Hall–Kier alpha value is -3.07. The fourth-order valence-corrected chi connectivity index (χ4v) is 4.37. The van der Waals surface area contributed by atoms with E-state index in [0.29, 0.717) is 0 Å². The van der Waals surface area contributed by atoms with Crippen molar-refractivity contribution in [1.82, 2.24) is 24.0 Å². The molecule has 0 aliphatic carbocycles. The van der Waals surface area contributed by atoms with Gasteiger partial charge in [-0.2, -0.15) is 0 Å². The highest BCUT2D eigenvalue weighted by molar-refractivity contribution is 8.03. The third-order valence-corrected chi connectivity index (χ3v) is 5.87. The molecule has 0 fully saturated rings. The molecule has 4 rings (SSSR count). The van der Waals surface area contributed by atoms with E-state index in [2.05, 4.69) is 22.4 Å². The summed E-state index contributed by atoms with van der Waals surface area (Å²) in [5.74, 6) is 0.885. The molecule has 28 heavy (non-hydrogen) atoms. The molecule has 1 aliphatic rings. The molecule has 3 aromatic rings. The van der Waals surface area contributed by atoms with Gasteiger partial charge in [-0.25, -0.2) is 9.78 Å². The van der Waals surface area contributed by atoms with Crippen LogP contribution in [0.5, 0.6) is 0 Å². The van der Waals surface area contributed by atoms with E-state index in [9.17, 15) is 14.4 Å². The molecule has 9 heteroatoms. The lowest BCUT2D eigenvalue weighted by molar-refractivity contribution is -0.120. The van der Waals surface area contributed by atoms with Crippen LogP contribution in [0.4, 0.5) is 0 Å². The van der Waals surface area contributed by atoms with Gasteiger partial charge in [0.2, 0.25) is 5.91 Å². The number of aromatic nitrogens is 4. The SMILES string of the molecule is Cn1c(=O)c2c(ncn2CC(=O)NC2=CC(c3ccccc3)CS2)n(C)c1=O. The number of thioether (sulfide) groups is 1. The first-order valence-electron chi connectivity index (χ1n) is 8.76. The Morgan fingerprint density at radius 1 is 1.21 bits per heavy atom. The Kier molecular flexibility index (Phi) is 4.68. The molecule has 1 aliphatic heterocycles. The molecule has 2 aromatic heterocycles. The van der Waals surface area contributed by atoms with Crippen LogP contribution in [0, 0.1) is 0 Å². The lowest BCUT2D eigenvalue weighted by atomic mass is 10.0. The van der Waals surface area contributed by atoms with Gasteiger partial charge in [0.15, 0.2) is 11.2 Å². The third kappa shape index (κ3) is 3.18. The highest BCUT2D eigenvalue weighted by Crippen LogP contribution is 2.33. The van der Waals surface area contributed by atoms with Crippen molar-refractivity contribution in [2.75, 3.05) is 5.75 Å². The Bertz CT molecular complexity index is 1210. The molecule has 0 saturated carbocycles. The highest BCUT2D eigenvalue weighted by Gasteiger charge is 2.21. The van der Waals surface area contributed by atoms with Gasteiger partial charge in [-0.3, -0.25) is 18.7 Å². The number of nitrogens with zero attached hydrogens (tertiary/aromatic N) is 4. The minimum Gasteiger partial charge on any atom is -0.319 e. The number of nitrogens with one attached hydrogen (secondary N) is 1. The zero-order valence-electron chi connectivity index (χ0n) is 15.5. The van der Waals surface area contributed by atoms with Gasteiger partial charge in [0, 0.05) is 25.8 Å². The van der Waals surface area contributed by atoms with Gasteiger partial charge in [0.05, 0.1) is 11.4 Å².